The molecule has 0 radical (unpaired) electrons. The van der Waals surface area contributed by atoms with E-state index in [2.05, 4.69) is 36.6 Å². The predicted molar refractivity (Wildman–Crippen MR) is 139 cm³/mol. The van der Waals surface area contributed by atoms with Crippen LogP contribution in [0.3, 0.4) is 0 Å². The normalized spacial score (nSPS) is 23.9. The van der Waals surface area contributed by atoms with Crippen molar-refractivity contribution < 1.29 is 13.7 Å². The minimum Gasteiger partial charge on any atom is -0.494 e. The molecule has 1 saturated carbocycles. The Morgan fingerprint density at radius 2 is 2.10 bits per heavy atom. The molecule has 31 heavy (non-hydrogen) atoms. The Balaban J connectivity index is 0.00000341. The van der Waals surface area contributed by atoms with E-state index in [0.29, 0.717) is 24.4 Å². The van der Waals surface area contributed by atoms with Crippen LogP contribution in [0.2, 0.25) is 0 Å². The second-order valence-electron chi connectivity index (χ2n) is 8.13. The zero-order chi connectivity index (χ0) is 21.5. The molecule has 1 aliphatic heterocycles. The van der Waals surface area contributed by atoms with Crippen LogP contribution in [0.1, 0.15) is 64.5 Å². The number of aliphatic imine (C=N–C) groups is 1. The molecule has 0 amide bonds. The standard InChI is InChI=1S/C23H37N3O3S.HI/c1-5-24-23(26-19-9-8-10-20(14-19)30(27)7-3)25-15-18-13-22-17(11-16(4)29-22)12-21(18)28-6-2;/h12-13,16,19-20H,5-11,14-15H2,1-4H3,(H2,24,25,26);1H. The van der Waals surface area contributed by atoms with Gasteiger partial charge in [-0.1, -0.05) is 13.3 Å². The van der Waals surface area contributed by atoms with E-state index < -0.39 is 10.8 Å². The number of guanidine groups is 1. The fourth-order valence-corrected chi connectivity index (χ4v) is 5.67. The summed E-state index contributed by atoms with van der Waals surface area (Å²) >= 11 is 0. The van der Waals surface area contributed by atoms with Crippen LogP contribution < -0.4 is 20.1 Å². The molecule has 0 aromatic heterocycles. The lowest BCUT2D eigenvalue weighted by atomic mass is 9.95. The van der Waals surface area contributed by atoms with Gasteiger partial charge in [-0.25, -0.2) is 4.99 Å². The van der Waals surface area contributed by atoms with E-state index in [4.69, 9.17) is 14.5 Å². The molecule has 0 spiro atoms. The minimum absolute atomic E-state index is 0. The van der Waals surface area contributed by atoms with Crippen molar-refractivity contribution in [2.75, 3.05) is 18.9 Å². The van der Waals surface area contributed by atoms with Crippen LogP contribution in [0, 0.1) is 0 Å². The third kappa shape index (κ3) is 7.23. The summed E-state index contributed by atoms with van der Waals surface area (Å²) in [6.07, 6.45) is 5.35. The topological polar surface area (TPSA) is 72.0 Å². The van der Waals surface area contributed by atoms with Crippen LogP contribution >= 0.6 is 24.0 Å². The fourth-order valence-electron chi connectivity index (χ4n) is 4.32. The van der Waals surface area contributed by atoms with Gasteiger partial charge in [0.2, 0.25) is 0 Å². The highest BCUT2D eigenvalue weighted by atomic mass is 127. The van der Waals surface area contributed by atoms with Crippen molar-refractivity contribution >= 4 is 40.7 Å². The second kappa shape index (κ2) is 12.9. The van der Waals surface area contributed by atoms with Crippen molar-refractivity contribution in [1.82, 2.24) is 10.6 Å². The van der Waals surface area contributed by atoms with Gasteiger partial charge in [-0.3, -0.25) is 4.21 Å². The number of nitrogens with one attached hydrogen (secondary N) is 2. The predicted octanol–water partition coefficient (Wildman–Crippen LogP) is 4.16. The van der Waals surface area contributed by atoms with Gasteiger partial charge in [-0.2, -0.15) is 0 Å². The van der Waals surface area contributed by atoms with Crippen molar-refractivity contribution in [3.63, 3.8) is 0 Å². The second-order valence-corrected chi connectivity index (χ2v) is 10.1. The van der Waals surface area contributed by atoms with E-state index in [1.807, 2.05) is 13.8 Å². The summed E-state index contributed by atoms with van der Waals surface area (Å²) in [5.74, 6) is 3.39. The summed E-state index contributed by atoms with van der Waals surface area (Å²) in [5.41, 5.74) is 2.25. The number of benzene rings is 1. The lowest BCUT2D eigenvalue weighted by molar-refractivity contribution is 0.254. The van der Waals surface area contributed by atoms with Gasteiger partial charge >= 0.3 is 0 Å². The van der Waals surface area contributed by atoms with Crippen LogP contribution in [0.5, 0.6) is 11.5 Å². The van der Waals surface area contributed by atoms with Gasteiger partial charge in [0.1, 0.15) is 17.6 Å². The van der Waals surface area contributed by atoms with E-state index in [9.17, 15) is 4.21 Å². The molecular weight excluding hydrogens is 525 g/mol. The van der Waals surface area contributed by atoms with Gasteiger partial charge in [0.15, 0.2) is 5.96 Å². The molecule has 2 aliphatic rings. The zero-order valence-corrected chi connectivity index (χ0v) is 22.4. The highest BCUT2D eigenvalue weighted by Gasteiger charge is 2.26. The summed E-state index contributed by atoms with van der Waals surface area (Å²) in [5, 5.41) is 7.24. The molecule has 0 bridgehead atoms. The van der Waals surface area contributed by atoms with Crippen LogP contribution in [-0.4, -0.2) is 46.5 Å². The number of nitrogens with zero attached hydrogens (tertiary/aromatic N) is 1. The molecule has 2 N–H and O–H groups in total. The first kappa shape index (κ1) is 26.2. The van der Waals surface area contributed by atoms with Crippen molar-refractivity contribution in [2.45, 2.75) is 83.7 Å². The molecule has 1 aromatic carbocycles. The monoisotopic (exact) mass is 563 g/mol. The summed E-state index contributed by atoms with van der Waals surface area (Å²) < 4.78 is 24.1. The lowest BCUT2D eigenvalue weighted by Gasteiger charge is -2.30. The molecule has 1 heterocycles. The number of hydrogen-bond donors (Lipinski definition) is 2. The fraction of sp³-hybridized carbons (Fsp3) is 0.696. The summed E-state index contributed by atoms with van der Waals surface area (Å²) in [7, 11) is -0.725. The van der Waals surface area contributed by atoms with Crippen LogP contribution in [0.15, 0.2) is 17.1 Å². The number of ether oxygens (including phenoxy) is 2. The molecule has 3 rings (SSSR count). The lowest BCUT2D eigenvalue weighted by Crippen LogP contribution is -2.46. The van der Waals surface area contributed by atoms with Crippen LogP contribution in [0.25, 0.3) is 0 Å². The van der Waals surface area contributed by atoms with E-state index in [1.54, 1.807) is 0 Å². The molecular formula is C23H38IN3O3S. The molecule has 0 saturated heterocycles. The molecule has 4 atom stereocenters. The highest BCUT2D eigenvalue weighted by Crippen LogP contribution is 2.35. The van der Waals surface area contributed by atoms with E-state index in [1.165, 1.54) is 5.56 Å². The maximum Gasteiger partial charge on any atom is 0.191 e. The molecule has 4 unspecified atom stereocenters. The van der Waals surface area contributed by atoms with Gasteiger partial charge in [-0.15, -0.1) is 24.0 Å². The Kier molecular flexibility index (Phi) is 10.9. The van der Waals surface area contributed by atoms with E-state index in [0.717, 1.165) is 67.4 Å². The molecule has 1 fully saturated rings. The van der Waals surface area contributed by atoms with Crippen molar-refractivity contribution in [3.05, 3.63) is 23.3 Å². The van der Waals surface area contributed by atoms with Crippen LogP contribution in [0.4, 0.5) is 0 Å². The number of rotatable bonds is 8. The van der Waals surface area contributed by atoms with Gasteiger partial charge < -0.3 is 20.1 Å². The maximum absolute atomic E-state index is 12.3. The Morgan fingerprint density at radius 1 is 1.29 bits per heavy atom. The van der Waals surface area contributed by atoms with Gasteiger partial charge in [0.05, 0.1) is 13.2 Å². The number of hydrogen-bond acceptors (Lipinski definition) is 4. The van der Waals surface area contributed by atoms with Crippen LogP contribution in [-0.2, 0) is 23.8 Å². The molecule has 8 heteroatoms. The molecule has 1 aliphatic carbocycles. The van der Waals surface area contributed by atoms with Crippen molar-refractivity contribution in [1.29, 1.82) is 0 Å². The Morgan fingerprint density at radius 3 is 2.81 bits per heavy atom. The Bertz CT molecular complexity index is 775. The largest absolute Gasteiger partial charge is 0.494 e. The summed E-state index contributed by atoms with van der Waals surface area (Å²) in [6.45, 7) is 10.1. The highest BCUT2D eigenvalue weighted by molar-refractivity contribution is 14.0. The third-order valence-corrected chi connectivity index (χ3v) is 7.49. The smallest absolute Gasteiger partial charge is 0.191 e. The SMILES string of the molecule is CCNC(=NCc1cc2c(cc1OCC)CC(C)O2)NC1CCCC(S(=O)CC)C1.I. The Hall–Kier alpha value is -1.03. The quantitative estimate of drug-likeness (QED) is 0.283. The molecule has 176 valence electrons. The van der Waals surface area contributed by atoms with E-state index >= 15 is 0 Å². The van der Waals surface area contributed by atoms with Crippen molar-refractivity contribution in [3.8, 4) is 11.5 Å². The zero-order valence-electron chi connectivity index (χ0n) is 19.2. The molecule has 6 nitrogen and oxygen atoms in total. The average molecular weight is 564 g/mol. The summed E-state index contributed by atoms with van der Waals surface area (Å²) in [4.78, 5) is 4.84. The number of fused-ring (bicyclic) bond motifs is 1. The Labute approximate surface area is 206 Å². The van der Waals surface area contributed by atoms with Gasteiger partial charge in [0, 0.05) is 51.9 Å². The van der Waals surface area contributed by atoms with E-state index in [-0.39, 0.29) is 30.1 Å². The maximum atomic E-state index is 12.3. The minimum atomic E-state index is -0.725. The van der Waals surface area contributed by atoms with Gasteiger partial charge in [0.25, 0.3) is 0 Å². The van der Waals surface area contributed by atoms with Gasteiger partial charge in [-0.05, 0) is 52.2 Å². The molecule has 1 aromatic rings. The number of halogens is 1. The first-order chi connectivity index (χ1) is 14.5. The van der Waals surface area contributed by atoms with Crippen molar-refractivity contribution in [2.24, 2.45) is 4.99 Å². The first-order valence-corrected chi connectivity index (χ1v) is 12.8. The first-order valence-electron chi connectivity index (χ1n) is 11.4. The average Bonchev–Trinajstić information content (AvgIpc) is 3.10. The summed E-state index contributed by atoms with van der Waals surface area (Å²) in [6, 6.07) is 4.50. The third-order valence-electron chi connectivity index (χ3n) is 5.75.